The second kappa shape index (κ2) is 5.38. The van der Waals surface area contributed by atoms with E-state index in [2.05, 4.69) is 15.4 Å². The van der Waals surface area contributed by atoms with Gasteiger partial charge in [-0.1, -0.05) is 0 Å². The molecule has 1 amide bonds. The molecule has 0 aliphatic carbocycles. The second-order valence-electron chi connectivity index (χ2n) is 4.71. The van der Waals surface area contributed by atoms with Crippen LogP contribution in [-0.4, -0.2) is 46.0 Å². The maximum Gasteiger partial charge on any atom is 0.268 e. The van der Waals surface area contributed by atoms with Gasteiger partial charge in [-0.25, -0.2) is 0 Å². The van der Waals surface area contributed by atoms with Gasteiger partial charge in [0, 0.05) is 13.2 Å². The van der Waals surface area contributed by atoms with Crippen LogP contribution in [0.15, 0.2) is 30.7 Å². The molecule has 20 heavy (non-hydrogen) atoms. The molecule has 0 saturated carbocycles. The van der Waals surface area contributed by atoms with Gasteiger partial charge in [0.2, 0.25) is 0 Å². The Bertz CT molecular complexity index is 578. The molecule has 1 fully saturated rings. The normalized spacial score (nSPS) is 21.9. The van der Waals surface area contributed by atoms with E-state index in [0.717, 1.165) is 0 Å². The number of rotatable bonds is 4. The Labute approximate surface area is 115 Å². The van der Waals surface area contributed by atoms with Crippen molar-refractivity contribution in [3.63, 3.8) is 0 Å². The molecule has 0 unspecified atom stereocenters. The largest absolute Gasteiger partial charge is 0.482 e. The standard InChI is InChI=1S/C13H16N4O3/c1-17-6-9(5-15-17)20-12-8-19-7-11(12)16-13(18)10-3-2-4-14-10/h2-6,11-12,14H,7-8H2,1H3,(H,16,18)/t11-,12+/m0/s1. The summed E-state index contributed by atoms with van der Waals surface area (Å²) in [6.45, 7) is 0.891. The molecule has 2 aromatic heterocycles. The fraction of sp³-hybridized carbons (Fsp3) is 0.385. The number of aryl methyl sites for hydroxylation is 1. The van der Waals surface area contributed by atoms with Crippen molar-refractivity contribution >= 4 is 5.91 Å². The minimum Gasteiger partial charge on any atom is -0.482 e. The molecule has 0 radical (unpaired) electrons. The lowest BCUT2D eigenvalue weighted by Crippen LogP contribution is -2.45. The summed E-state index contributed by atoms with van der Waals surface area (Å²) in [5.74, 6) is 0.507. The number of hydrogen-bond donors (Lipinski definition) is 2. The molecule has 3 heterocycles. The fourth-order valence-corrected chi connectivity index (χ4v) is 2.14. The van der Waals surface area contributed by atoms with E-state index in [4.69, 9.17) is 9.47 Å². The summed E-state index contributed by atoms with van der Waals surface area (Å²) in [5, 5.41) is 6.95. The summed E-state index contributed by atoms with van der Waals surface area (Å²) >= 11 is 0. The summed E-state index contributed by atoms with van der Waals surface area (Å²) < 4.78 is 12.8. The van der Waals surface area contributed by atoms with Crippen LogP contribution in [0.1, 0.15) is 10.5 Å². The van der Waals surface area contributed by atoms with Crippen LogP contribution in [0.4, 0.5) is 0 Å². The number of amides is 1. The van der Waals surface area contributed by atoms with Gasteiger partial charge in [-0.3, -0.25) is 9.48 Å². The monoisotopic (exact) mass is 276 g/mol. The van der Waals surface area contributed by atoms with Gasteiger partial charge in [-0.05, 0) is 12.1 Å². The molecule has 2 atom stereocenters. The molecule has 3 rings (SSSR count). The van der Waals surface area contributed by atoms with Gasteiger partial charge in [-0.15, -0.1) is 0 Å². The van der Waals surface area contributed by atoms with Crippen LogP contribution >= 0.6 is 0 Å². The Hall–Kier alpha value is -2.28. The lowest BCUT2D eigenvalue weighted by atomic mass is 10.2. The number of H-pyrrole nitrogens is 1. The molecule has 7 heteroatoms. The third-order valence-electron chi connectivity index (χ3n) is 3.16. The zero-order chi connectivity index (χ0) is 13.9. The van der Waals surface area contributed by atoms with Gasteiger partial charge >= 0.3 is 0 Å². The van der Waals surface area contributed by atoms with E-state index < -0.39 is 0 Å². The van der Waals surface area contributed by atoms with Crippen molar-refractivity contribution in [2.45, 2.75) is 12.1 Å². The first-order valence-corrected chi connectivity index (χ1v) is 6.39. The third-order valence-corrected chi connectivity index (χ3v) is 3.16. The topological polar surface area (TPSA) is 81.2 Å². The Kier molecular flexibility index (Phi) is 3.42. The Morgan fingerprint density at radius 1 is 1.60 bits per heavy atom. The van der Waals surface area contributed by atoms with Crippen LogP contribution in [0, 0.1) is 0 Å². The highest BCUT2D eigenvalue weighted by Gasteiger charge is 2.32. The Morgan fingerprint density at radius 3 is 3.20 bits per heavy atom. The number of nitrogens with zero attached hydrogens (tertiary/aromatic N) is 2. The lowest BCUT2D eigenvalue weighted by molar-refractivity contribution is 0.0899. The quantitative estimate of drug-likeness (QED) is 0.843. The van der Waals surface area contributed by atoms with Gasteiger partial charge in [-0.2, -0.15) is 5.10 Å². The molecular weight excluding hydrogens is 260 g/mol. The fourth-order valence-electron chi connectivity index (χ4n) is 2.14. The number of nitrogens with one attached hydrogen (secondary N) is 2. The molecule has 0 aromatic carbocycles. The molecule has 106 valence electrons. The first kappa shape index (κ1) is 12.7. The maximum absolute atomic E-state index is 12.0. The molecule has 1 aliphatic rings. The van der Waals surface area contributed by atoms with Crippen molar-refractivity contribution in [3.8, 4) is 5.75 Å². The van der Waals surface area contributed by atoms with Crippen molar-refractivity contribution in [2.24, 2.45) is 7.05 Å². The number of aromatic amines is 1. The van der Waals surface area contributed by atoms with Gasteiger partial charge < -0.3 is 19.8 Å². The van der Waals surface area contributed by atoms with Crippen LogP contribution in [0.25, 0.3) is 0 Å². The minimum absolute atomic E-state index is 0.162. The van der Waals surface area contributed by atoms with Crippen molar-refractivity contribution in [1.29, 1.82) is 0 Å². The van der Waals surface area contributed by atoms with E-state index in [1.807, 2.05) is 7.05 Å². The number of carbonyl (C=O) groups is 1. The van der Waals surface area contributed by atoms with Crippen LogP contribution < -0.4 is 10.1 Å². The first-order chi connectivity index (χ1) is 9.72. The zero-order valence-corrected chi connectivity index (χ0v) is 11.1. The zero-order valence-electron chi connectivity index (χ0n) is 11.1. The van der Waals surface area contributed by atoms with Crippen molar-refractivity contribution in [1.82, 2.24) is 20.1 Å². The molecular formula is C13H16N4O3. The second-order valence-corrected chi connectivity index (χ2v) is 4.71. The lowest BCUT2D eigenvalue weighted by Gasteiger charge is -2.19. The van der Waals surface area contributed by atoms with Crippen LogP contribution in [0.2, 0.25) is 0 Å². The van der Waals surface area contributed by atoms with E-state index in [1.54, 1.807) is 35.4 Å². The van der Waals surface area contributed by atoms with Crippen LogP contribution in [0.3, 0.4) is 0 Å². The van der Waals surface area contributed by atoms with Gasteiger partial charge in [0.15, 0.2) is 5.75 Å². The van der Waals surface area contributed by atoms with Gasteiger partial charge in [0.1, 0.15) is 11.8 Å². The van der Waals surface area contributed by atoms with Gasteiger partial charge in [0.05, 0.1) is 31.6 Å². The summed E-state index contributed by atoms with van der Waals surface area (Å²) in [6, 6.07) is 3.33. The molecule has 7 nitrogen and oxygen atoms in total. The third kappa shape index (κ3) is 2.67. The van der Waals surface area contributed by atoms with E-state index in [-0.39, 0.29) is 18.1 Å². The first-order valence-electron chi connectivity index (χ1n) is 6.39. The maximum atomic E-state index is 12.0. The van der Waals surface area contributed by atoms with E-state index >= 15 is 0 Å². The molecule has 1 aliphatic heterocycles. The van der Waals surface area contributed by atoms with E-state index in [9.17, 15) is 4.79 Å². The highest BCUT2D eigenvalue weighted by molar-refractivity contribution is 5.92. The number of aromatic nitrogens is 3. The predicted octanol–water partition coefficient (Wildman–Crippen LogP) is 0.324. The van der Waals surface area contributed by atoms with E-state index in [0.29, 0.717) is 24.7 Å². The summed E-state index contributed by atoms with van der Waals surface area (Å²) in [5.41, 5.74) is 0.525. The number of ether oxygens (including phenoxy) is 2. The van der Waals surface area contributed by atoms with E-state index in [1.165, 1.54) is 0 Å². The number of carbonyl (C=O) groups excluding carboxylic acids is 1. The Balaban J connectivity index is 1.62. The molecule has 1 saturated heterocycles. The van der Waals surface area contributed by atoms with Crippen molar-refractivity contribution in [2.75, 3.05) is 13.2 Å². The summed E-state index contributed by atoms with van der Waals surface area (Å²) in [7, 11) is 1.82. The summed E-state index contributed by atoms with van der Waals surface area (Å²) in [6.07, 6.45) is 4.92. The van der Waals surface area contributed by atoms with Crippen molar-refractivity contribution in [3.05, 3.63) is 36.4 Å². The average Bonchev–Trinajstić information content (AvgIpc) is 3.13. The van der Waals surface area contributed by atoms with Crippen molar-refractivity contribution < 1.29 is 14.3 Å². The minimum atomic E-state index is -0.210. The number of hydrogen-bond acceptors (Lipinski definition) is 4. The molecule has 0 bridgehead atoms. The average molecular weight is 276 g/mol. The molecule has 0 spiro atoms. The SMILES string of the molecule is Cn1cc(O[C@@H]2COC[C@@H]2NC(=O)c2ccc[nH]2)cn1. The van der Waals surface area contributed by atoms with Gasteiger partial charge in [0.25, 0.3) is 5.91 Å². The highest BCUT2D eigenvalue weighted by Crippen LogP contribution is 2.16. The van der Waals surface area contributed by atoms with Crippen LogP contribution in [-0.2, 0) is 11.8 Å². The highest BCUT2D eigenvalue weighted by atomic mass is 16.5. The predicted molar refractivity (Wildman–Crippen MR) is 70.5 cm³/mol. The summed E-state index contributed by atoms with van der Waals surface area (Å²) in [4.78, 5) is 14.9. The Morgan fingerprint density at radius 2 is 2.50 bits per heavy atom. The van der Waals surface area contributed by atoms with Crippen LogP contribution in [0.5, 0.6) is 5.75 Å². The molecule has 2 N–H and O–H groups in total. The smallest absolute Gasteiger partial charge is 0.268 e. The molecule has 2 aromatic rings.